The Labute approximate surface area is 121 Å². The third-order valence-electron chi connectivity index (χ3n) is 3.16. The molecule has 1 aromatic heterocycles. The highest BCUT2D eigenvalue weighted by molar-refractivity contribution is 7.89. The molecule has 20 heavy (non-hydrogen) atoms. The maximum Gasteiger partial charge on any atom is 0.347 e. The lowest BCUT2D eigenvalue weighted by Crippen LogP contribution is -2.28. The quantitative estimate of drug-likeness (QED) is 0.831. The Kier molecular flexibility index (Phi) is 4.79. The molecular weight excluding hydrogens is 302 g/mol. The molecule has 2 N–H and O–H groups in total. The topological polar surface area (TPSA) is 92.7 Å². The van der Waals surface area contributed by atoms with Gasteiger partial charge in [-0.1, -0.05) is 0 Å². The zero-order chi connectivity index (χ0) is 14.8. The van der Waals surface area contributed by atoms with Crippen molar-refractivity contribution in [1.29, 1.82) is 0 Å². The molecule has 1 unspecified atom stereocenters. The molecule has 0 saturated carbocycles. The van der Waals surface area contributed by atoms with Gasteiger partial charge in [-0.05, 0) is 37.1 Å². The van der Waals surface area contributed by atoms with Gasteiger partial charge in [0.15, 0.2) is 0 Å². The van der Waals surface area contributed by atoms with Gasteiger partial charge >= 0.3 is 5.97 Å². The van der Waals surface area contributed by atoms with Gasteiger partial charge in [0.1, 0.15) is 9.77 Å². The summed E-state index contributed by atoms with van der Waals surface area (Å²) in [6.07, 6.45) is 2.65. The summed E-state index contributed by atoms with van der Waals surface area (Å²) in [4.78, 5) is 10.8. The third-order valence-corrected chi connectivity index (χ3v) is 6.03. The van der Waals surface area contributed by atoms with Crippen LogP contribution in [0.5, 0.6) is 0 Å². The lowest BCUT2D eigenvalue weighted by atomic mass is 10.2. The lowest BCUT2D eigenvalue weighted by Gasteiger charge is -2.11. The number of hydrogen-bond donors (Lipinski definition) is 2. The van der Waals surface area contributed by atoms with Crippen molar-refractivity contribution in [2.75, 3.05) is 13.2 Å². The summed E-state index contributed by atoms with van der Waals surface area (Å²) in [5.74, 6) is -1.22. The van der Waals surface area contributed by atoms with Gasteiger partial charge in [-0.15, -0.1) is 11.3 Å². The summed E-state index contributed by atoms with van der Waals surface area (Å²) in [6, 6.07) is 0. The number of rotatable bonds is 6. The van der Waals surface area contributed by atoms with Crippen molar-refractivity contribution in [3.8, 4) is 0 Å². The van der Waals surface area contributed by atoms with E-state index in [1.807, 2.05) is 0 Å². The number of ether oxygens (including phenoxy) is 1. The number of nitrogens with one attached hydrogen (secondary N) is 1. The summed E-state index contributed by atoms with van der Waals surface area (Å²) >= 11 is 0.927. The molecule has 0 radical (unpaired) electrons. The van der Waals surface area contributed by atoms with Crippen LogP contribution in [-0.4, -0.2) is 38.7 Å². The largest absolute Gasteiger partial charge is 0.477 e. The summed E-state index contributed by atoms with van der Waals surface area (Å²) in [5.41, 5.74) is 0.456. The first kappa shape index (κ1) is 15.4. The number of sulfonamides is 1. The van der Waals surface area contributed by atoms with Gasteiger partial charge in [-0.25, -0.2) is 17.9 Å². The average Bonchev–Trinajstić information content (AvgIpc) is 2.98. The molecule has 2 rings (SSSR count). The lowest BCUT2D eigenvalue weighted by molar-refractivity contribution is 0.0698. The van der Waals surface area contributed by atoms with E-state index < -0.39 is 16.0 Å². The first-order chi connectivity index (χ1) is 9.42. The Balaban J connectivity index is 2.06. The van der Waals surface area contributed by atoms with Crippen LogP contribution < -0.4 is 4.72 Å². The third kappa shape index (κ3) is 3.38. The number of aryl methyl sites for hydroxylation is 1. The molecule has 0 aliphatic carbocycles. The predicted molar refractivity (Wildman–Crippen MR) is 74.8 cm³/mol. The van der Waals surface area contributed by atoms with Crippen LogP contribution in [0.25, 0.3) is 0 Å². The first-order valence-corrected chi connectivity index (χ1v) is 8.71. The zero-order valence-corrected chi connectivity index (χ0v) is 12.7. The minimum atomic E-state index is -3.79. The summed E-state index contributed by atoms with van der Waals surface area (Å²) < 4.78 is 32.3. The molecule has 0 amide bonds. The van der Waals surface area contributed by atoms with Gasteiger partial charge in [-0.3, -0.25) is 0 Å². The molecule has 8 heteroatoms. The highest BCUT2D eigenvalue weighted by Crippen LogP contribution is 2.26. The number of carbonyl (C=O) groups is 1. The summed E-state index contributed by atoms with van der Waals surface area (Å²) in [6.45, 7) is 2.57. The van der Waals surface area contributed by atoms with Crippen LogP contribution in [-0.2, 0) is 14.8 Å². The number of carboxylic acids is 1. The minimum Gasteiger partial charge on any atom is -0.477 e. The maximum atomic E-state index is 12.2. The Morgan fingerprint density at radius 2 is 2.35 bits per heavy atom. The Morgan fingerprint density at radius 1 is 1.60 bits per heavy atom. The van der Waals surface area contributed by atoms with Gasteiger partial charge < -0.3 is 9.84 Å². The molecule has 1 aromatic rings. The standard InChI is InChI=1S/C12H17NO5S2/c1-8-7-19-10(12(14)15)11(8)20(16,17)13-5-4-9-3-2-6-18-9/h7,9,13H,2-6H2,1H3,(H,14,15). The highest BCUT2D eigenvalue weighted by Gasteiger charge is 2.27. The van der Waals surface area contributed by atoms with Gasteiger partial charge in [0.25, 0.3) is 0 Å². The van der Waals surface area contributed by atoms with E-state index in [2.05, 4.69) is 4.72 Å². The molecule has 1 aliphatic rings. The van der Waals surface area contributed by atoms with Gasteiger partial charge in [-0.2, -0.15) is 0 Å². The van der Waals surface area contributed by atoms with Crippen LogP contribution in [0.2, 0.25) is 0 Å². The van der Waals surface area contributed by atoms with Crippen LogP contribution in [0.15, 0.2) is 10.3 Å². The normalized spacial score (nSPS) is 19.4. The Morgan fingerprint density at radius 3 is 2.95 bits per heavy atom. The van der Waals surface area contributed by atoms with E-state index in [0.29, 0.717) is 12.0 Å². The molecular formula is C12H17NO5S2. The highest BCUT2D eigenvalue weighted by atomic mass is 32.2. The molecule has 1 fully saturated rings. The Bertz CT molecular complexity index is 587. The average molecular weight is 319 g/mol. The maximum absolute atomic E-state index is 12.2. The second-order valence-corrected chi connectivity index (χ2v) is 7.29. The van der Waals surface area contributed by atoms with Crippen LogP contribution in [0.3, 0.4) is 0 Å². The molecule has 1 atom stereocenters. The van der Waals surface area contributed by atoms with E-state index in [4.69, 9.17) is 9.84 Å². The number of hydrogen-bond acceptors (Lipinski definition) is 5. The molecule has 1 saturated heterocycles. The van der Waals surface area contributed by atoms with Crippen molar-refractivity contribution >= 4 is 27.3 Å². The zero-order valence-electron chi connectivity index (χ0n) is 11.1. The van der Waals surface area contributed by atoms with Gasteiger partial charge in [0.2, 0.25) is 10.0 Å². The molecule has 1 aliphatic heterocycles. The summed E-state index contributed by atoms with van der Waals surface area (Å²) in [5, 5.41) is 10.6. The molecule has 0 aromatic carbocycles. The molecule has 0 bridgehead atoms. The van der Waals surface area contributed by atoms with Crippen LogP contribution in [0, 0.1) is 6.92 Å². The van der Waals surface area contributed by atoms with Crippen molar-refractivity contribution in [3.63, 3.8) is 0 Å². The SMILES string of the molecule is Cc1csc(C(=O)O)c1S(=O)(=O)NCCC1CCCO1. The van der Waals surface area contributed by atoms with E-state index in [-0.39, 0.29) is 22.4 Å². The molecule has 2 heterocycles. The first-order valence-electron chi connectivity index (χ1n) is 6.34. The monoisotopic (exact) mass is 319 g/mol. The Hall–Kier alpha value is -0.960. The molecule has 6 nitrogen and oxygen atoms in total. The fraction of sp³-hybridized carbons (Fsp3) is 0.583. The second-order valence-electron chi connectivity index (χ2n) is 4.70. The van der Waals surface area contributed by atoms with E-state index in [9.17, 15) is 13.2 Å². The van der Waals surface area contributed by atoms with E-state index in [1.165, 1.54) is 5.38 Å². The van der Waals surface area contributed by atoms with Crippen LogP contribution in [0.1, 0.15) is 34.5 Å². The molecule has 0 spiro atoms. The number of thiophene rings is 1. The smallest absolute Gasteiger partial charge is 0.347 e. The van der Waals surface area contributed by atoms with Crippen molar-refractivity contribution < 1.29 is 23.1 Å². The number of carboxylic acid groups (broad SMARTS) is 1. The van der Waals surface area contributed by atoms with Crippen molar-refractivity contribution in [2.24, 2.45) is 0 Å². The van der Waals surface area contributed by atoms with Crippen LogP contribution >= 0.6 is 11.3 Å². The van der Waals surface area contributed by atoms with E-state index in [0.717, 1.165) is 30.8 Å². The van der Waals surface area contributed by atoms with Crippen molar-refractivity contribution in [2.45, 2.75) is 37.2 Å². The fourth-order valence-electron chi connectivity index (χ4n) is 2.21. The van der Waals surface area contributed by atoms with Crippen molar-refractivity contribution in [3.05, 3.63) is 15.8 Å². The van der Waals surface area contributed by atoms with E-state index in [1.54, 1.807) is 6.92 Å². The van der Waals surface area contributed by atoms with Gasteiger partial charge in [0.05, 0.1) is 6.10 Å². The molecule has 112 valence electrons. The van der Waals surface area contributed by atoms with Gasteiger partial charge in [0, 0.05) is 13.2 Å². The van der Waals surface area contributed by atoms with Crippen LogP contribution in [0.4, 0.5) is 0 Å². The van der Waals surface area contributed by atoms with Crippen molar-refractivity contribution in [1.82, 2.24) is 4.72 Å². The van der Waals surface area contributed by atoms with E-state index >= 15 is 0 Å². The predicted octanol–water partition coefficient (Wildman–Crippen LogP) is 1.60. The minimum absolute atomic E-state index is 0.0974. The fourth-order valence-corrected chi connectivity index (χ4v) is 4.89. The second kappa shape index (κ2) is 6.21. The number of aromatic carboxylic acids is 1. The summed E-state index contributed by atoms with van der Waals surface area (Å²) in [7, 11) is -3.79.